The maximum absolute atomic E-state index is 13.7. The van der Waals surface area contributed by atoms with E-state index in [-0.39, 0.29) is 111 Å². The number of H-pyrrole nitrogens is 5. The van der Waals surface area contributed by atoms with Gasteiger partial charge in [-0.25, -0.2) is 37.5 Å². The molecule has 2 saturated carbocycles. The number of carbonyl (C=O) groups excluding carboxylic acids is 10. The highest BCUT2D eigenvalue weighted by Crippen LogP contribution is 2.46. The first-order chi connectivity index (χ1) is 70.0. The average molecular weight is 2050 g/mol. The zero-order chi connectivity index (χ0) is 108. The molecule has 7 aromatic rings. The van der Waals surface area contributed by atoms with Crippen LogP contribution in [0.4, 0.5) is 13.6 Å². The van der Waals surface area contributed by atoms with Gasteiger partial charge in [0.15, 0.2) is 0 Å². The van der Waals surface area contributed by atoms with Crippen LogP contribution in [0.2, 0.25) is 0 Å². The van der Waals surface area contributed by atoms with Crippen molar-refractivity contribution in [3.63, 3.8) is 0 Å². The summed E-state index contributed by atoms with van der Waals surface area (Å²) in [5.41, 5.74) is 12.8. The van der Waals surface area contributed by atoms with Crippen LogP contribution in [-0.4, -0.2) is 216 Å². The lowest BCUT2D eigenvalue weighted by Crippen LogP contribution is -2.46. The minimum absolute atomic E-state index is 0.0419. The van der Waals surface area contributed by atoms with E-state index in [0.717, 1.165) is 211 Å². The number of halogens is 2. The van der Waals surface area contributed by atoms with Gasteiger partial charge < -0.3 is 48.2 Å². The number of benzene rings is 2. The number of likely N-dealkylation sites (tertiary alicyclic amines) is 1. The first kappa shape index (κ1) is 116. The number of amides is 6. The Morgan fingerprint density at radius 1 is 0.331 bits per heavy atom. The van der Waals surface area contributed by atoms with Crippen LogP contribution < -0.4 is 0 Å². The molecule has 2 aliphatic carbocycles. The second-order valence-electron chi connectivity index (χ2n) is 45.1. The summed E-state index contributed by atoms with van der Waals surface area (Å²) in [6.07, 6.45) is 30.4. The number of unbranched alkanes of at least 4 members (excludes halogenated alkanes) is 1. The van der Waals surface area contributed by atoms with E-state index in [2.05, 4.69) is 127 Å². The van der Waals surface area contributed by atoms with Crippen LogP contribution in [0.5, 0.6) is 0 Å². The molecule has 806 valence electrons. The van der Waals surface area contributed by atoms with Crippen molar-refractivity contribution < 1.29 is 80.4 Å². The average Bonchev–Trinajstić information content (AvgIpc) is 1.63. The molecule has 5 aromatic heterocycles. The predicted molar refractivity (Wildman–Crippen MR) is 568 cm³/mol. The predicted octanol–water partition coefficient (Wildman–Crippen LogP) is 21.4. The highest BCUT2D eigenvalue weighted by Gasteiger charge is 2.47. The van der Waals surface area contributed by atoms with Crippen molar-refractivity contribution in [1.82, 2.24) is 80.4 Å². The number of nitrogens with zero attached hydrogens (tertiary/aromatic N) is 11. The molecule has 5 N–H and O–H groups in total. The molecule has 8 aliphatic rings. The van der Waals surface area contributed by atoms with Crippen molar-refractivity contribution in [3.8, 4) is 0 Å². The number of esters is 5. The van der Waals surface area contributed by atoms with Crippen LogP contribution >= 0.6 is 0 Å². The molecule has 33 heteroatoms. The number of hydrogen-bond donors (Lipinski definition) is 5. The molecule has 3 fully saturated rings. The monoisotopic (exact) mass is 2050 g/mol. The van der Waals surface area contributed by atoms with Crippen molar-refractivity contribution >= 4 is 87.4 Å². The first-order valence-electron chi connectivity index (χ1n) is 53.8. The van der Waals surface area contributed by atoms with E-state index in [1.807, 2.05) is 74.1 Å². The molecule has 31 nitrogen and oxygen atoms in total. The molecule has 0 unspecified atom stereocenters. The van der Waals surface area contributed by atoms with Crippen LogP contribution in [0.1, 0.15) is 401 Å². The Hall–Kier alpha value is -12.5. The maximum atomic E-state index is 13.7. The Kier molecular flexibility index (Phi) is 39.7. The maximum Gasteiger partial charge on any atom is 0.342 e. The summed E-state index contributed by atoms with van der Waals surface area (Å²) in [7, 11) is 0. The van der Waals surface area contributed by atoms with Gasteiger partial charge in [0.2, 0.25) is 11.8 Å². The van der Waals surface area contributed by atoms with Gasteiger partial charge in [0.25, 0.3) is 11.8 Å². The summed E-state index contributed by atoms with van der Waals surface area (Å²) < 4.78 is 54.9. The summed E-state index contributed by atoms with van der Waals surface area (Å²) in [4.78, 5) is 141. The largest absolute Gasteiger partial charge is 0.459 e. The summed E-state index contributed by atoms with van der Waals surface area (Å²) in [5, 5.41) is 38.0. The van der Waals surface area contributed by atoms with Crippen molar-refractivity contribution in [2.75, 3.05) is 45.8 Å². The lowest BCUT2D eigenvalue weighted by Gasteiger charge is -2.35. The van der Waals surface area contributed by atoms with Crippen LogP contribution in [-0.2, 0) is 116 Å². The Morgan fingerprint density at radius 3 is 0.831 bits per heavy atom. The standard InChI is InChI=1S/C24H30FN3O3.C23H28FN3O3.2C23H35N3O3.C22H34N4O3/c1-6-7-11-19-20-21(27-26-19)18(23(30)31-15(2)3)13-28(14-24(20,4)5)22(29)16-9-8-10-17(25)12-16;1-6-8-18-19-20(26-25-18)17(22(29)30-14(2)3)12-27(13-23(19,4)5)21(28)15-9-7-10-16(24)11-15;2*1-6-10-18-19-20(25-24-18)17(22(28)29-15(2)3)13-26(14-23(19,4)5)21(27)16-11-8-7-9-12-16;1-6-10-17-18-19(24-23-17)16(20(27)29-15(2)3)13-26(14-22(18,4)5)21(28)25-11-8-7-9-12-25/h8-10,12-13,15H,6-7,11,14H2,1-5H3,(H,26,27);7,9-12,14H,6,8,13H2,1-5H3,(H,25,26);2*13,15-16H,6-12,14H2,1-5H3,(H,24,25);13,15H,6-12,14H2,1-5H3,(H,23,24). The summed E-state index contributed by atoms with van der Waals surface area (Å²) >= 11 is 0. The van der Waals surface area contributed by atoms with Crippen LogP contribution in [0.25, 0.3) is 27.9 Å². The van der Waals surface area contributed by atoms with Gasteiger partial charge in [-0.05, 0) is 189 Å². The van der Waals surface area contributed by atoms with Crippen molar-refractivity contribution in [2.45, 2.75) is 385 Å². The molecule has 0 atom stereocenters. The van der Waals surface area contributed by atoms with Gasteiger partial charge in [0, 0.05) is 183 Å². The number of aromatic nitrogens is 10. The summed E-state index contributed by atoms with van der Waals surface area (Å²) in [6.45, 7) is 53.1. The quantitative estimate of drug-likeness (QED) is 0.0262. The van der Waals surface area contributed by atoms with Gasteiger partial charge in [-0.1, -0.05) is 187 Å². The fourth-order valence-corrected chi connectivity index (χ4v) is 21.4. The highest BCUT2D eigenvalue weighted by atomic mass is 19.1. The third-order valence-corrected chi connectivity index (χ3v) is 27.7. The summed E-state index contributed by atoms with van der Waals surface area (Å²) in [5.74, 6) is -3.78. The van der Waals surface area contributed by atoms with Crippen LogP contribution in [0.15, 0.2) is 79.5 Å². The minimum atomic E-state index is -0.546. The molecule has 148 heavy (non-hydrogen) atoms. The fraction of sp³-hybridized carbons (Fsp3) is 0.591. The van der Waals surface area contributed by atoms with E-state index in [1.54, 1.807) is 73.1 Å². The molecule has 1 saturated heterocycles. The normalized spacial score (nSPS) is 17.7. The lowest BCUT2D eigenvalue weighted by atomic mass is 9.81. The van der Waals surface area contributed by atoms with Crippen LogP contribution in [0, 0.1) is 23.5 Å². The number of fused-ring (bicyclic) bond motifs is 5. The molecule has 2 aromatic carbocycles. The van der Waals surface area contributed by atoms with Crippen molar-refractivity contribution in [3.05, 3.63) is 187 Å². The molecule has 11 heterocycles. The van der Waals surface area contributed by atoms with Gasteiger partial charge >= 0.3 is 35.9 Å². The molecule has 6 amide bonds. The number of aromatic amines is 5. The number of urea groups is 1. The Labute approximate surface area is 872 Å². The van der Waals surface area contributed by atoms with Crippen LogP contribution in [0.3, 0.4) is 0 Å². The fourth-order valence-electron chi connectivity index (χ4n) is 21.4. The van der Waals surface area contributed by atoms with Gasteiger partial charge in [-0.2, -0.15) is 25.5 Å². The molecule has 0 spiro atoms. The van der Waals surface area contributed by atoms with E-state index in [0.29, 0.717) is 77.9 Å². The van der Waals surface area contributed by atoms with E-state index in [9.17, 15) is 56.7 Å². The number of hydrogen-bond acceptors (Lipinski definition) is 20. The van der Waals surface area contributed by atoms with Gasteiger partial charge in [0.1, 0.15) is 68.0 Å². The van der Waals surface area contributed by atoms with E-state index < -0.39 is 52.3 Å². The lowest BCUT2D eigenvalue weighted by molar-refractivity contribution is -0.141. The zero-order valence-electron chi connectivity index (χ0n) is 92.3. The zero-order valence-corrected chi connectivity index (χ0v) is 92.3. The van der Waals surface area contributed by atoms with Gasteiger partial charge in [-0.15, -0.1) is 0 Å². The van der Waals surface area contributed by atoms with Crippen molar-refractivity contribution in [1.29, 1.82) is 0 Å². The number of nitrogens with one attached hydrogen (secondary N) is 5. The SMILES string of the molecule is CCCCc1[nH]nc2c1C(C)(C)CN(C(=O)c1cccc(F)c1)C=C2C(=O)OC(C)C.CCCc1[nH]nc2c1C(C)(C)CN(C(=O)C1CCCCC1)C=C2C(=O)OC(C)C.CCCc1[nH]nc2c1C(C)(C)CN(C(=O)C1CCCCC1)C=C2C(=O)OC(C)C.CCCc1[nH]nc2c1C(C)(C)CN(C(=O)N1CCCCC1)C=C2C(=O)OC(C)C.CCCc1[nH]nc2c1C(C)(C)CN(C(=O)c1cccc(F)c1)C=C2C(=O)OC(C)C. The van der Waals surface area contributed by atoms with Gasteiger partial charge in [0.05, 0.1) is 30.5 Å². The third kappa shape index (κ3) is 28.4. The first-order valence-corrected chi connectivity index (χ1v) is 53.8. The smallest absolute Gasteiger partial charge is 0.342 e. The number of ether oxygens (including phenoxy) is 5. The number of rotatable bonds is 25. The van der Waals surface area contributed by atoms with Gasteiger partial charge in [-0.3, -0.25) is 49.6 Å². The molecule has 15 rings (SSSR count). The minimum Gasteiger partial charge on any atom is -0.459 e. The van der Waals surface area contributed by atoms with E-state index in [4.69, 9.17) is 23.7 Å². The Morgan fingerprint density at radius 2 is 0.574 bits per heavy atom. The molecular formula is C115H162F2N16O15. The Balaban J connectivity index is 0.000000176. The molecule has 0 radical (unpaired) electrons. The third-order valence-electron chi connectivity index (χ3n) is 27.7. The Bertz CT molecular complexity index is 5710. The summed E-state index contributed by atoms with van der Waals surface area (Å²) in [6, 6.07) is 11.1. The van der Waals surface area contributed by atoms with Crippen molar-refractivity contribution in [2.24, 2.45) is 11.8 Å². The molecule has 6 aliphatic heterocycles. The number of piperidine rings is 1. The van der Waals surface area contributed by atoms with E-state index >= 15 is 0 Å². The number of carbonyl (C=O) groups is 10. The topological polar surface area (TPSA) is 380 Å². The highest BCUT2D eigenvalue weighted by molar-refractivity contribution is 6.20. The number of aryl methyl sites for hydroxylation is 5. The molecule has 0 bridgehead atoms. The second-order valence-corrected chi connectivity index (χ2v) is 45.1. The molecular weight excluding hydrogens is 1880 g/mol. The second kappa shape index (κ2) is 50.7. The van der Waals surface area contributed by atoms with E-state index in [1.165, 1.54) is 71.4 Å².